The smallest absolute Gasteiger partial charge is 0.310 e. The molecule has 0 spiro atoms. The first-order valence-electron chi connectivity index (χ1n) is 5.59. The molecule has 1 rings (SSSR count). The highest BCUT2D eigenvalue weighted by Crippen LogP contribution is 2.10. The van der Waals surface area contributed by atoms with Crippen LogP contribution < -0.4 is 0 Å². The number of carbonyl (C=O) groups is 2. The summed E-state index contributed by atoms with van der Waals surface area (Å²) < 4.78 is 4.62. The molecule has 1 unspecified atom stereocenters. The van der Waals surface area contributed by atoms with Crippen molar-refractivity contribution in [2.24, 2.45) is 5.92 Å². The first kappa shape index (κ1) is 14.4. The lowest BCUT2D eigenvalue weighted by molar-refractivity contribution is -0.145. The summed E-state index contributed by atoms with van der Waals surface area (Å²) in [5.41, 5.74) is 0. The van der Waals surface area contributed by atoms with Crippen molar-refractivity contribution in [3.8, 4) is 0 Å². The van der Waals surface area contributed by atoms with E-state index in [2.05, 4.69) is 4.74 Å². The average Bonchev–Trinajstić information content (AvgIpc) is 2.87. The van der Waals surface area contributed by atoms with Crippen molar-refractivity contribution in [1.82, 2.24) is 4.90 Å². The van der Waals surface area contributed by atoms with Crippen LogP contribution in [0.5, 0.6) is 0 Å². The van der Waals surface area contributed by atoms with Gasteiger partial charge in [0.15, 0.2) is 0 Å². The maximum absolute atomic E-state index is 11.8. The van der Waals surface area contributed by atoms with Crippen LogP contribution in [0.2, 0.25) is 0 Å². The summed E-state index contributed by atoms with van der Waals surface area (Å²) in [5, 5.41) is 1.95. The lowest BCUT2D eigenvalue weighted by Gasteiger charge is -2.18. The summed E-state index contributed by atoms with van der Waals surface area (Å²) in [6, 6.07) is 3.86. The van der Waals surface area contributed by atoms with Gasteiger partial charge in [0.1, 0.15) is 0 Å². The molecule has 4 nitrogen and oxygen atoms in total. The van der Waals surface area contributed by atoms with Crippen LogP contribution in [0.1, 0.15) is 11.8 Å². The molecule has 0 saturated carbocycles. The highest BCUT2D eigenvalue weighted by atomic mass is 32.1. The molecule has 18 heavy (non-hydrogen) atoms. The van der Waals surface area contributed by atoms with Crippen LogP contribution in [0.3, 0.4) is 0 Å². The highest BCUT2D eigenvalue weighted by molar-refractivity contribution is 7.10. The fourth-order valence-electron chi connectivity index (χ4n) is 1.44. The third-order valence-corrected chi connectivity index (χ3v) is 3.30. The van der Waals surface area contributed by atoms with E-state index in [9.17, 15) is 9.59 Å². The summed E-state index contributed by atoms with van der Waals surface area (Å²) in [5.74, 6) is -0.755. The number of hydrogen-bond donors (Lipinski definition) is 0. The Morgan fingerprint density at radius 1 is 1.56 bits per heavy atom. The van der Waals surface area contributed by atoms with E-state index in [4.69, 9.17) is 0 Å². The summed E-state index contributed by atoms with van der Waals surface area (Å²) in [6.45, 7) is 2.08. The van der Waals surface area contributed by atoms with Crippen LogP contribution in [0, 0.1) is 5.92 Å². The minimum Gasteiger partial charge on any atom is -0.469 e. The molecule has 1 atom stereocenters. The van der Waals surface area contributed by atoms with Gasteiger partial charge in [-0.1, -0.05) is 13.0 Å². The molecule has 0 aromatic carbocycles. The van der Waals surface area contributed by atoms with Crippen molar-refractivity contribution in [2.75, 3.05) is 20.7 Å². The van der Waals surface area contributed by atoms with E-state index in [-0.39, 0.29) is 17.8 Å². The number of hydrogen-bond acceptors (Lipinski definition) is 4. The third kappa shape index (κ3) is 4.33. The number of rotatable bonds is 5. The maximum atomic E-state index is 11.8. The Hall–Kier alpha value is -1.62. The zero-order chi connectivity index (χ0) is 13.5. The van der Waals surface area contributed by atoms with E-state index in [1.54, 1.807) is 31.4 Å². The van der Waals surface area contributed by atoms with Gasteiger partial charge in [0.05, 0.1) is 13.0 Å². The Balaban J connectivity index is 2.49. The minimum absolute atomic E-state index is 0.126. The summed E-state index contributed by atoms with van der Waals surface area (Å²) in [4.78, 5) is 25.5. The van der Waals surface area contributed by atoms with Crippen molar-refractivity contribution in [3.05, 3.63) is 28.5 Å². The predicted molar refractivity (Wildman–Crippen MR) is 72.2 cm³/mol. The number of methoxy groups -OCH3 is 1. The lowest BCUT2D eigenvalue weighted by Crippen LogP contribution is -2.33. The van der Waals surface area contributed by atoms with Crippen LogP contribution in [0.25, 0.3) is 6.08 Å². The molecule has 1 aromatic heterocycles. The van der Waals surface area contributed by atoms with E-state index in [0.717, 1.165) is 4.88 Å². The second kappa shape index (κ2) is 6.96. The van der Waals surface area contributed by atoms with Crippen LogP contribution in [-0.4, -0.2) is 37.5 Å². The van der Waals surface area contributed by atoms with Gasteiger partial charge in [0.25, 0.3) is 0 Å². The third-order valence-electron chi connectivity index (χ3n) is 2.46. The van der Waals surface area contributed by atoms with Crippen molar-refractivity contribution in [1.29, 1.82) is 0 Å². The van der Waals surface area contributed by atoms with Crippen molar-refractivity contribution in [2.45, 2.75) is 6.92 Å². The molecule has 1 amide bonds. The van der Waals surface area contributed by atoms with Crippen LogP contribution in [-0.2, 0) is 14.3 Å². The van der Waals surface area contributed by atoms with Gasteiger partial charge >= 0.3 is 5.97 Å². The second-order valence-electron chi connectivity index (χ2n) is 3.99. The summed E-state index contributed by atoms with van der Waals surface area (Å²) in [6.07, 6.45) is 3.28. The molecule has 0 aliphatic carbocycles. The molecule has 0 aliphatic rings. The molecule has 0 aliphatic heterocycles. The van der Waals surface area contributed by atoms with Crippen molar-refractivity contribution >= 4 is 29.3 Å². The van der Waals surface area contributed by atoms with Crippen LogP contribution in [0.4, 0.5) is 0 Å². The molecule has 0 fully saturated rings. The van der Waals surface area contributed by atoms with Gasteiger partial charge in [-0.2, -0.15) is 0 Å². The molecular weight excluding hydrogens is 250 g/mol. The van der Waals surface area contributed by atoms with Gasteiger partial charge in [-0.3, -0.25) is 9.59 Å². The standard InChI is InChI=1S/C13H17NO3S/c1-10(13(16)17-3)9-14(2)12(15)7-6-11-5-4-8-18-11/h4-8,10H,9H2,1-3H3. The number of ether oxygens (including phenoxy) is 1. The number of carbonyl (C=O) groups excluding carboxylic acids is 2. The predicted octanol–water partition coefficient (Wildman–Crippen LogP) is 2.03. The molecule has 0 radical (unpaired) electrons. The molecule has 98 valence electrons. The largest absolute Gasteiger partial charge is 0.469 e. The van der Waals surface area contributed by atoms with Gasteiger partial charge in [-0.25, -0.2) is 0 Å². The minimum atomic E-state index is -0.320. The number of thiophene rings is 1. The molecule has 0 saturated heterocycles. The Kier molecular flexibility index (Phi) is 5.58. The Labute approximate surface area is 111 Å². The quantitative estimate of drug-likeness (QED) is 0.606. The summed E-state index contributed by atoms with van der Waals surface area (Å²) in [7, 11) is 3.01. The van der Waals surface area contributed by atoms with E-state index in [1.165, 1.54) is 18.1 Å². The Morgan fingerprint density at radius 2 is 2.28 bits per heavy atom. The zero-order valence-corrected chi connectivity index (χ0v) is 11.6. The molecule has 0 bridgehead atoms. The van der Waals surface area contributed by atoms with E-state index in [0.29, 0.717) is 6.54 Å². The molecule has 5 heteroatoms. The first-order valence-corrected chi connectivity index (χ1v) is 6.47. The number of amides is 1. The Morgan fingerprint density at radius 3 is 2.83 bits per heavy atom. The topological polar surface area (TPSA) is 46.6 Å². The molecule has 0 N–H and O–H groups in total. The molecule has 1 aromatic rings. The van der Waals surface area contributed by atoms with E-state index >= 15 is 0 Å². The summed E-state index contributed by atoms with van der Waals surface area (Å²) >= 11 is 1.57. The van der Waals surface area contributed by atoms with Crippen molar-refractivity contribution < 1.29 is 14.3 Å². The van der Waals surface area contributed by atoms with Crippen LogP contribution >= 0.6 is 11.3 Å². The fraction of sp³-hybridized carbons (Fsp3) is 0.385. The normalized spacial score (nSPS) is 12.4. The Bertz CT molecular complexity index is 425. The molecular formula is C13H17NO3S. The number of nitrogens with zero attached hydrogens (tertiary/aromatic N) is 1. The number of likely N-dealkylation sites (N-methyl/N-ethyl adjacent to an activating group) is 1. The molecule has 1 heterocycles. The fourth-order valence-corrected chi connectivity index (χ4v) is 2.06. The lowest BCUT2D eigenvalue weighted by atomic mass is 10.2. The van der Waals surface area contributed by atoms with Crippen LogP contribution in [0.15, 0.2) is 23.6 Å². The maximum Gasteiger partial charge on any atom is 0.310 e. The van der Waals surface area contributed by atoms with Gasteiger partial charge < -0.3 is 9.64 Å². The number of esters is 1. The average molecular weight is 267 g/mol. The first-order chi connectivity index (χ1) is 8.54. The van der Waals surface area contributed by atoms with Gasteiger partial charge in [-0.15, -0.1) is 11.3 Å². The van der Waals surface area contributed by atoms with Crippen molar-refractivity contribution in [3.63, 3.8) is 0 Å². The van der Waals surface area contributed by atoms with Gasteiger partial charge in [0, 0.05) is 24.5 Å². The van der Waals surface area contributed by atoms with Gasteiger partial charge in [-0.05, 0) is 17.5 Å². The van der Waals surface area contributed by atoms with E-state index in [1.807, 2.05) is 17.5 Å². The second-order valence-corrected chi connectivity index (χ2v) is 4.97. The SMILES string of the molecule is COC(=O)C(C)CN(C)C(=O)C=Cc1cccs1. The van der Waals surface area contributed by atoms with Gasteiger partial charge in [0.2, 0.25) is 5.91 Å². The zero-order valence-electron chi connectivity index (χ0n) is 10.8. The monoisotopic (exact) mass is 267 g/mol. The van der Waals surface area contributed by atoms with E-state index < -0.39 is 0 Å². The highest BCUT2D eigenvalue weighted by Gasteiger charge is 2.17.